The lowest BCUT2D eigenvalue weighted by molar-refractivity contribution is 0.102. The first-order valence-corrected chi connectivity index (χ1v) is 7.36. The topological polar surface area (TPSA) is 65.4 Å². The molecule has 122 valence electrons. The summed E-state index contributed by atoms with van der Waals surface area (Å²) in [4.78, 5) is 12.4. The number of nitrogens with one attached hydrogen (secondary N) is 1. The molecule has 1 N–H and O–H groups in total. The predicted molar refractivity (Wildman–Crippen MR) is 91.1 cm³/mol. The summed E-state index contributed by atoms with van der Waals surface area (Å²) < 4.78 is 12.1. The van der Waals surface area contributed by atoms with E-state index in [2.05, 4.69) is 10.4 Å². The van der Waals surface area contributed by atoms with Gasteiger partial charge in [-0.15, -0.1) is 0 Å². The van der Waals surface area contributed by atoms with E-state index in [4.69, 9.17) is 9.47 Å². The number of rotatable bonds is 5. The molecule has 0 spiro atoms. The molecule has 2 aromatic carbocycles. The number of anilines is 1. The van der Waals surface area contributed by atoms with Crippen molar-refractivity contribution in [2.24, 2.45) is 0 Å². The molecule has 6 nitrogen and oxygen atoms in total. The molecule has 24 heavy (non-hydrogen) atoms. The van der Waals surface area contributed by atoms with Crippen LogP contribution in [-0.2, 0) is 0 Å². The van der Waals surface area contributed by atoms with E-state index in [9.17, 15) is 4.79 Å². The second-order valence-corrected chi connectivity index (χ2v) is 5.00. The zero-order valence-corrected chi connectivity index (χ0v) is 13.4. The summed E-state index contributed by atoms with van der Waals surface area (Å²) in [6.45, 7) is 0. The van der Waals surface area contributed by atoms with Crippen molar-refractivity contribution in [2.45, 2.75) is 0 Å². The fourth-order valence-corrected chi connectivity index (χ4v) is 2.28. The van der Waals surface area contributed by atoms with E-state index in [1.54, 1.807) is 42.3 Å². The van der Waals surface area contributed by atoms with Crippen molar-refractivity contribution in [2.75, 3.05) is 19.5 Å². The Kier molecular flexibility index (Phi) is 4.47. The predicted octanol–water partition coefficient (Wildman–Crippen LogP) is 3.14. The van der Waals surface area contributed by atoms with E-state index in [0.29, 0.717) is 22.9 Å². The first kappa shape index (κ1) is 15.6. The van der Waals surface area contributed by atoms with Gasteiger partial charge >= 0.3 is 0 Å². The van der Waals surface area contributed by atoms with Crippen molar-refractivity contribution in [1.29, 1.82) is 0 Å². The Morgan fingerprint density at radius 2 is 1.75 bits per heavy atom. The van der Waals surface area contributed by atoms with Crippen LogP contribution in [0.2, 0.25) is 0 Å². The van der Waals surface area contributed by atoms with E-state index in [-0.39, 0.29) is 5.91 Å². The molecule has 0 aliphatic carbocycles. The Bertz CT molecular complexity index is 844. The van der Waals surface area contributed by atoms with Crippen molar-refractivity contribution < 1.29 is 14.3 Å². The standard InChI is InChI=1S/C18H17N3O3/c1-23-15-9-8-13(12-16(15)24-2)18(22)19-17-10-11-21(20-17)14-6-4-3-5-7-14/h3-12H,1-2H3,(H,19,20,22). The van der Waals surface area contributed by atoms with Gasteiger partial charge in [-0.3, -0.25) is 4.79 Å². The van der Waals surface area contributed by atoms with Gasteiger partial charge in [0.1, 0.15) is 0 Å². The molecule has 0 aliphatic rings. The van der Waals surface area contributed by atoms with Crippen LogP contribution < -0.4 is 14.8 Å². The smallest absolute Gasteiger partial charge is 0.257 e. The number of hydrogen-bond acceptors (Lipinski definition) is 4. The van der Waals surface area contributed by atoms with E-state index in [1.807, 2.05) is 30.3 Å². The minimum Gasteiger partial charge on any atom is -0.493 e. The van der Waals surface area contributed by atoms with Crippen LogP contribution in [0.15, 0.2) is 60.8 Å². The molecule has 1 amide bonds. The second kappa shape index (κ2) is 6.87. The highest BCUT2D eigenvalue weighted by atomic mass is 16.5. The summed E-state index contributed by atoms with van der Waals surface area (Å²) in [7, 11) is 3.08. The number of ether oxygens (including phenoxy) is 2. The summed E-state index contributed by atoms with van der Waals surface area (Å²) in [5, 5.41) is 7.12. The highest BCUT2D eigenvalue weighted by Crippen LogP contribution is 2.27. The first-order valence-electron chi connectivity index (χ1n) is 7.36. The van der Waals surface area contributed by atoms with Crippen LogP contribution in [0.1, 0.15) is 10.4 Å². The van der Waals surface area contributed by atoms with Gasteiger partial charge in [-0.25, -0.2) is 4.68 Å². The number of methoxy groups -OCH3 is 2. The van der Waals surface area contributed by atoms with Gasteiger partial charge in [0.15, 0.2) is 17.3 Å². The summed E-state index contributed by atoms with van der Waals surface area (Å²) >= 11 is 0. The van der Waals surface area contributed by atoms with Crippen LogP contribution in [0.25, 0.3) is 5.69 Å². The van der Waals surface area contributed by atoms with Gasteiger partial charge in [-0.05, 0) is 30.3 Å². The third-order valence-electron chi connectivity index (χ3n) is 3.50. The van der Waals surface area contributed by atoms with Crippen LogP contribution in [-0.4, -0.2) is 29.9 Å². The average molecular weight is 323 g/mol. The number of para-hydroxylation sites is 1. The monoisotopic (exact) mass is 323 g/mol. The maximum atomic E-state index is 12.4. The molecule has 3 aromatic rings. The number of aromatic nitrogens is 2. The Hall–Kier alpha value is -3.28. The maximum Gasteiger partial charge on any atom is 0.257 e. The lowest BCUT2D eigenvalue weighted by atomic mass is 10.2. The van der Waals surface area contributed by atoms with Crippen molar-refractivity contribution in [3.63, 3.8) is 0 Å². The van der Waals surface area contributed by atoms with Crippen LogP contribution in [0.5, 0.6) is 11.5 Å². The molecule has 1 heterocycles. The number of benzene rings is 2. The maximum absolute atomic E-state index is 12.4. The molecule has 6 heteroatoms. The van der Waals surface area contributed by atoms with E-state index in [0.717, 1.165) is 5.69 Å². The molecule has 0 saturated carbocycles. The van der Waals surface area contributed by atoms with Crippen molar-refractivity contribution in [1.82, 2.24) is 9.78 Å². The molecule has 0 atom stereocenters. The van der Waals surface area contributed by atoms with Crippen LogP contribution in [0.4, 0.5) is 5.82 Å². The fourth-order valence-electron chi connectivity index (χ4n) is 2.28. The van der Waals surface area contributed by atoms with Crippen molar-refractivity contribution >= 4 is 11.7 Å². The number of carbonyl (C=O) groups is 1. The molecule has 0 unspecified atom stereocenters. The largest absolute Gasteiger partial charge is 0.493 e. The summed E-state index contributed by atoms with van der Waals surface area (Å²) in [5.41, 5.74) is 1.38. The molecule has 0 aliphatic heterocycles. The molecule has 0 radical (unpaired) electrons. The van der Waals surface area contributed by atoms with Crippen LogP contribution in [0.3, 0.4) is 0 Å². The summed E-state index contributed by atoms with van der Waals surface area (Å²) in [6, 6.07) is 16.4. The van der Waals surface area contributed by atoms with Gasteiger partial charge in [-0.2, -0.15) is 5.10 Å². The SMILES string of the molecule is COc1ccc(C(=O)Nc2ccn(-c3ccccc3)n2)cc1OC. The minimum atomic E-state index is -0.269. The van der Waals surface area contributed by atoms with Gasteiger partial charge in [0, 0.05) is 17.8 Å². The first-order chi connectivity index (χ1) is 11.7. The number of nitrogens with zero attached hydrogens (tertiary/aromatic N) is 2. The Morgan fingerprint density at radius 3 is 2.46 bits per heavy atom. The van der Waals surface area contributed by atoms with E-state index >= 15 is 0 Å². The Morgan fingerprint density at radius 1 is 1.00 bits per heavy atom. The van der Waals surface area contributed by atoms with E-state index < -0.39 is 0 Å². The van der Waals surface area contributed by atoms with Gasteiger partial charge in [-0.1, -0.05) is 18.2 Å². The fraction of sp³-hybridized carbons (Fsp3) is 0.111. The van der Waals surface area contributed by atoms with E-state index in [1.165, 1.54) is 7.11 Å². The molecule has 0 fully saturated rings. The van der Waals surface area contributed by atoms with Gasteiger partial charge in [0.25, 0.3) is 5.91 Å². The second-order valence-electron chi connectivity index (χ2n) is 5.00. The third-order valence-corrected chi connectivity index (χ3v) is 3.50. The lowest BCUT2D eigenvalue weighted by Crippen LogP contribution is -2.13. The van der Waals surface area contributed by atoms with Crippen molar-refractivity contribution in [3.05, 3.63) is 66.4 Å². The average Bonchev–Trinajstić information content (AvgIpc) is 3.10. The quantitative estimate of drug-likeness (QED) is 0.783. The van der Waals surface area contributed by atoms with Crippen molar-refractivity contribution in [3.8, 4) is 17.2 Å². The number of carbonyl (C=O) groups excluding carboxylic acids is 1. The molecule has 1 aromatic heterocycles. The van der Waals surface area contributed by atoms with Crippen LogP contribution >= 0.6 is 0 Å². The normalized spacial score (nSPS) is 10.2. The molecular weight excluding hydrogens is 306 g/mol. The zero-order valence-electron chi connectivity index (χ0n) is 13.4. The minimum absolute atomic E-state index is 0.269. The number of hydrogen-bond donors (Lipinski definition) is 1. The van der Waals surface area contributed by atoms with Gasteiger partial charge in [0.05, 0.1) is 19.9 Å². The Labute approximate surface area is 139 Å². The van der Waals surface area contributed by atoms with Gasteiger partial charge in [0.2, 0.25) is 0 Å². The number of amides is 1. The highest BCUT2D eigenvalue weighted by molar-refractivity contribution is 6.04. The zero-order chi connectivity index (χ0) is 16.9. The third kappa shape index (κ3) is 3.22. The molecule has 3 rings (SSSR count). The summed E-state index contributed by atoms with van der Waals surface area (Å²) in [5.74, 6) is 1.27. The molecule has 0 saturated heterocycles. The Balaban J connectivity index is 1.77. The lowest BCUT2D eigenvalue weighted by Gasteiger charge is -2.09. The highest BCUT2D eigenvalue weighted by Gasteiger charge is 2.12. The summed E-state index contributed by atoms with van der Waals surface area (Å²) in [6.07, 6.45) is 1.79. The van der Waals surface area contributed by atoms with Gasteiger partial charge < -0.3 is 14.8 Å². The molecule has 0 bridgehead atoms. The molecular formula is C18H17N3O3. The van der Waals surface area contributed by atoms with Crippen LogP contribution in [0, 0.1) is 0 Å².